The number of benzene rings is 1. The molecule has 1 aliphatic heterocycles. The number of carbonyl (C=O) groups is 1. The lowest BCUT2D eigenvalue weighted by atomic mass is 10.0. The molecule has 2 aromatic rings. The number of carboxylic acid groups (broad SMARTS) is 1. The summed E-state index contributed by atoms with van der Waals surface area (Å²) in [5.41, 5.74) is 5.62. The Bertz CT molecular complexity index is 927. The van der Waals surface area contributed by atoms with Gasteiger partial charge in [-0.05, 0) is 19.4 Å². The number of aromatic nitrogens is 1. The predicted octanol–water partition coefficient (Wildman–Crippen LogP) is 2.18. The zero-order valence-electron chi connectivity index (χ0n) is 12.8. The first-order valence-corrected chi connectivity index (χ1v) is 7.43. The van der Waals surface area contributed by atoms with Crippen molar-refractivity contribution >= 4 is 33.9 Å². The average molecular weight is 399 g/mol. The van der Waals surface area contributed by atoms with Gasteiger partial charge in [0, 0.05) is 23.7 Å². The summed E-state index contributed by atoms with van der Waals surface area (Å²) in [6.07, 6.45) is 1.99. The minimum Gasteiger partial charge on any atom is -0.489 e. The van der Waals surface area contributed by atoms with Crippen LogP contribution in [-0.2, 0) is 0 Å². The summed E-state index contributed by atoms with van der Waals surface area (Å²) in [5, 5.41) is 9.25. The van der Waals surface area contributed by atoms with E-state index in [0.29, 0.717) is 23.3 Å². The highest BCUT2D eigenvalue weighted by Gasteiger charge is 2.41. The molecule has 0 bridgehead atoms. The molecule has 6 nitrogen and oxygen atoms in total. The van der Waals surface area contributed by atoms with Gasteiger partial charge < -0.3 is 20.1 Å². The molecule has 2 aliphatic rings. The summed E-state index contributed by atoms with van der Waals surface area (Å²) < 4.78 is 22.0. The fourth-order valence-electron chi connectivity index (χ4n) is 3.29. The van der Waals surface area contributed by atoms with Gasteiger partial charge in [-0.3, -0.25) is 4.79 Å². The first-order valence-electron chi connectivity index (χ1n) is 7.43. The van der Waals surface area contributed by atoms with Crippen LogP contribution in [0.15, 0.2) is 17.1 Å². The maximum atomic E-state index is 14.6. The SMILES string of the molecule is Br.C[C@H]1COc2c(C3CC3N)c(F)cc3c(=O)c(C(=O)O)cn1c23. The molecule has 1 aromatic heterocycles. The molecule has 2 unspecified atom stereocenters. The van der Waals surface area contributed by atoms with E-state index in [1.54, 1.807) is 4.57 Å². The largest absolute Gasteiger partial charge is 0.489 e. The van der Waals surface area contributed by atoms with Crippen molar-refractivity contribution in [2.45, 2.75) is 31.3 Å². The summed E-state index contributed by atoms with van der Waals surface area (Å²) >= 11 is 0. The molecule has 8 heteroatoms. The van der Waals surface area contributed by atoms with Crippen molar-refractivity contribution in [2.24, 2.45) is 5.73 Å². The zero-order valence-corrected chi connectivity index (χ0v) is 14.5. The minimum atomic E-state index is -1.32. The standard InChI is InChI=1S/C16H15FN2O4.BrH/c1-6-5-23-15-12(7-3-11(7)18)10(17)2-8-13(15)19(6)4-9(14(8)20)16(21)22;/h2,4,6-7,11H,3,5,18H2,1H3,(H,21,22);1H/t6-,7?,11?;/m0./s1. The van der Waals surface area contributed by atoms with Crippen LogP contribution < -0.4 is 15.9 Å². The molecule has 4 rings (SSSR count). The quantitative estimate of drug-likeness (QED) is 0.808. The van der Waals surface area contributed by atoms with Gasteiger partial charge in [-0.15, -0.1) is 17.0 Å². The van der Waals surface area contributed by atoms with Crippen molar-refractivity contribution in [3.63, 3.8) is 0 Å². The van der Waals surface area contributed by atoms with Gasteiger partial charge in [0.15, 0.2) is 0 Å². The number of pyridine rings is 1. The number of nitrogens with zero attached hydrogens (tertiary/aromatic N) is 1. The second-order valence-electron chi connectivity index (χ2n) is 6.25. The van der Waals surface area contributed by atoms with Gasteiger partial charge in [0.25, 0.3) is 0 Å². The molecule has 1 saturated carbocycles. The predicted molar refractivity (Wildman–Crippen MR) is 91.0 cm³/mol. The Balaban J connectivity index is 0.00000169. The molecule has 1 aromatic carbocycles. The number of aromatic carboxylic acids is 1. The molecule has 0 radical (unpaired) electrons. The molecular weight excluding hydrogens is 383 g/mol. The first-order chi connectivity index (χ1) is 10.9. The van der Waals surface area contributed by atoms with Gasteiger partial charge in [-0.1, -0.05) is 0 Å². The van der Waals surface area contributed by atoms with E-state index in [4.69, 9.17) is 10.5 Å². The molecular formula is C16H16BrFN2O4. The topological polar surface area (TPSA) is 94.6 Å². The molecule has 24 heavy (non-hydrogen) atoms. The van der Waals surface area contributed by atoms with Gasteiger partial charge in [0.05, 0.1) is 16.9 Å². The number of halogens is 2. The van der Waals surface area contributed by atoms with Crippen molar-refractivity contribution in [2.75, 3.05) is 6.61 Å². The van der Waals surface area contributed by atoms with Gasteiger partial charge >= 0.3 is 5.97 Å². The van der Waals surface area contributed by atoms with Gasteiger partial charge in [-0.25, -0.2) is 9.18 Å². The van der Waals surface area contributed by atoms with E-state index in [-0.39, 0.29) is 52.5 Å². The van der Waals surface area contributed by atoms with Crippen molar-refractivity contribution < 1.29 is 19.0 Å². The summed E-state index contributed by atoms with van der Waals surface area (Å²) in [4.78, 5) is 23.7. The Labute approximate surface area is 146 Å². The summed E-state index contributed by atoms with van der Waals surface area (Å²) in [7, 11) is 0. The molecule has 3 atom stereocenters. The zero-order chi connectivity index (χ0) is 16.5. The van der Waals surface area contributed by atoms with Crippen LogP contribution in [0.2, 0.25) is 0 Å². The van der Waals surface area contributed by atoms with E-state index >= 15 is 0 Å². The maximum absolute atomic E-state index is 14.6. The average Bonchev–Trinajstić information content (AvgIpc) is 3.20. The van der Waals surface area contributed by atoms with E-state index in [0.717, 1.165) is 6.07 Å². The maximum Gasteiger partial charge on any atom is 0.341 e. The molecule has 128 valence electrons. The van der Waals surface area contributed by atoms with E-state index < -0.39 is 17.2 Å². The number of carboxylic acids is 1. The highest BCUT2D eigenvalue weighted by atomic mass is 79.9. The number of nitrogens with two attached hydrogens (primary N) is 1. The lowest BCUT2D eigenvalue weighted by Gasteiger charge is -2.28. The fourth-order valence-corrected chi connectivity index (χ4v) is 3.29. The van der Waals surface area contributed by atoms with E-state index in [2.05, 4.69) is 0 Å². The number of hydrogen-bond acceptors (Lipinski definition) is 4. The van der Waals surface area contributed by atoms with Crippen molar-refractivity contribution in [1.29, 1.82) is 0 Å². The smallest absolute Gasteiger partial charge is 0.341 e. The third-order valence-electron chi connectivity index (χ3n) is 4.64. The van der Waals surface area contributed by atoms with Crippen LogP contribution >= 0.6 is 17.0 Å². The third-order valence-corrected chi connectivity index (χ3v) is 4.64. The minimum absolute atomic E-state index is 0. The second-order valence-corrected chi connectivity index (χ2v) is 6.25. The molecule has 0 spiro atoms. The number of hydrogen-bond donors (Lipinski definition) is 2. The van der Waals surface area contributed by atoms with Gasteiger partial charge in [0.2, 0.25) is 5.43 Å². The highest BCUT2D eigenvalue weighted by Crippen LogP contribution is 2.48. The van der Waals surface area contributed by atoms with Gasteiger partial charge in [-0.2, -0.15) is 0 Å². The summed E-state index contributed by atoms with van der Waals surface area (Å²) in [5.74, 6) is -1.68. The summed E-state index contributed by atoms with van der Waals surface area (Å²) in [6.45, 7) is 2.13. The molecule has 0 saturated heterocycles. The Kier molecular flexibility index (Phi) is 3.92. The third kappa shape index (κ3) is 2.24. The Morgan fingerprint density at radius 3 is 2.75 bits per heavy atom. The van der Waals surface area contributed by atoms with Crippen LogP contribution in [0, 0.1) is 5.82 Å². The molecule has 1 fully saturated rings. The number of ether oxygens (including phenoxy) is 1. The number of rotatable bonds is 2. The monoisotopic (exact) mass is 398 g/mol. The van der Waals surface area contributed by atoms with Crippen LogP contribution in [0.4, 0.5) is 4.39 Å². The van der Waals surface area contributed by atoms with Crippen LogP contribution in [0.1, 0.15) is 41.2 Å². The van der Waals surface area contributed by atoms with Crippen LogP contribution in [0.3, 0.4) is 0 Å². The van der Waals surface area contributed by atoms with Crippen LogP contribution in [-0.4, -0.2) is 28.3 Å². The molecule has 3 N–H and O–H groups in total. The molecule has 2 heterocycles. The van der Waals surface area contributed by atoms with E-state index in [1.165, 1.54) is 6.20 Å². The lowest BCUT2D eigenvalue weighted by molar-refractivity contribution is 0.0694. The Hall–Kier alpha value is -1.93. The van der Waals surface area contributed by atoms with Crippen LogP contribution in [0.25, 0.3) is 10.9 Å². The van der Waals surface area contributed by atoms with E-state index in [1.807, 2.05) is 6.92 Å². The summed E-state index contributed by atoms with van der Waals surface area (Å²) in [6, 6.07) is 0.848. The van der Waals surface area contributed by atoms with Gasteiger partial charge in [0.1, 0.15) is 23.7 Å². The van der Waals surface area contributed by atoms with Crippen molar-refractivity contribution in [3.05, 3.63) is 39.4 Å². The van der Waals surface area contributed by atoms with Crippen molar-refractivity contribution in [3.8, 4) is 5.75 Å². The highest BCUT2D eigenvalue weighted by molar-refractivity contribution is 8.93. The normalized spacial score (nSPS) is 24.2. The second kappa shape index (κ2) is 5.56. The molecule has 1 aliphatic carbocycles. The van der Waals surface area contributed by atoms with Crippen molar-refractivity contribution in [1.82, 2.24) is 4.57 Å². The Morgan fingerprint density at radius 1 is 1.50 bits per heavy atom. The molecule has 0 amide bonds. The fraction of sp³-hybridized carbons (Fsp3) is 0.375. The first kappa shape index (κ1) is 16.9. The van der Waals surface area contributed by atoms with Crippen LogP contribution in [0.5, 0.6) is 5.75 Å². The Morgan fingerprint density at radius 2 is 2.17 bits per heavy atom. The lowest BCUT2D eigenvalue weighted by Crippen LogP contribution is -2.27. The van der Waals surface area contributed by atoms with E-state index in [9.17, 15) is 19.1 Å².